The van der Waals surface area contributed by atoms with E-state index in [0.29, 0.717) is 12.1 Å². The number of aromatic nitrogens is 1. The maximum Gasteiger partial charge on any atom is 0.337 e. The Hall–Kier alpha value is -4.68. The zero-order valence-electron chi connectivity index (χ0n) is 21.2. The third kappa shape index (κ3) is 5.36. The van der Waals surface area contributed by atoms with E-state index in [2.05, 4.69) is 10.3 Å². The van der Waals surface area contributed by atoms with Gasteiger partial charge in [-0.25, -0.2) is 4.79 Å². The van der Waals surface area contributed by atoms with Gasteiger partial charge in [-0.2, -0.15) is 0 Å². The molecular formula is C32H28N2O4. The number of aliphatic hydroxyl groups is 1. The molecule has 0 amide bonds. The van der Waals surface area contributed by atoms with E-state index in [1.807, 2.05) is 84.9 Å². The molecule has 1 heterocycles. The Balaban J connectivity index is 1.49. The van der Waals surface area contributed by atoms with Crippen molar-refractivity contribution in [3.63, 3.8) is 0 Å². The van der Waals surface area contributed by atoms with Crippen LogP contribution in [0.5, 0.6) is 5.75 Å². The molecule has 0 radical (unpaired) electrons. The first kappa shape index (κ1) is 25.0. The predicted molar refractivity (Wildman–Crippen MR) is 151 cm³/mol. The lowest BCUT2D eigenvalue weighted by molar-refractivity contribution is 0.0600. The van der Waals surface area contributed by atoms with Crippen molar-refractivity contribution in [1.82, 2.24) is 4.98 Å². The molecule has 0 fully saturated rings. The molecular weight excluding hydrogens is 476 g/mol. The largest absolute Gasteiger partial charge is 0.497 e. The predicted octanol–water partition coefficient (Wildman–Crippen LogP) is 6.41. The highest BCUT2D eigenvalue weighted by molar-refractivity contribution is 5.90. The molecule has 38 heavy (non-hydrogen) atoms. The van der Waals surface area contributed by atoms with Crippen molar-refractivity contribution in [2.75, 3.05) is 26.1 Å². The molecule has 1 atom stereocenters. The van der Waals surface area contributed by atoms with Crippen molar-refractivity contribution < 1.29 is 19.4 Å². The molecule has 2 N–H and O–H groups in total. The van der Waals surface area contributed by atoms with E-state index in [1.54, 1.807) is 25.4 Å². The Labute approximate surface area is 221 Å². The quantitative estimate of drug-likeness (QED) is 0.238. The lowest BCUT2D eigenvalue weighted by Gasteiger charge is -2.19. The first-order valence-electron chi connectivity index (χ1n) is 12.3. The van der Waals surface area contributed by atoms with Crippen LogP contribution in [-0.2, 0) is 4.74 Å². The van der Waals surface area contributed by atoms with Crippen LogP contribution in [0.1, 0.15) is 27.6 Å². The number of anilines is 1. The van der Waals surface area contributed by atoms with Gasteiger partial charge < -0.3 is 19.9 Å². The number of methoxy groups -OCH3 is 2. The van der Waals surface area contributed by atoms with Gasteiger partial charge in [0, 0.05) is 11.9 Å². The SMILES string of the molecule is COC(=O)c1ccc(C=C(CNc2cnc3ccc(OC)cc3c2)C(O)c2cccc3ccccc23)cc1. The second kappa shape index (κ2) is 11.2. The highest BCUT2D eigenvalue weighted by Gasteiger charge is 2.17. The minimum absolute atomic E-state index is 0.375. The lowest BCUT2D eigenvalue weighted by Crippen LogP contribution is -2.12. The van der Waals surface area contributed by atoms with E-state index in [9.17, 15) is 9.90 Å². The minimum Gasteiger partial charge on any atom is -0.497 e. The van der Waals surface area contributed by atoms with Crippen molar-refractivity contribution in [3.05, 3.63) is 119 Å². The van der Waals surface area contributed by atoms with Gasteiger partial charge in [-0.05, 0) is 63.9 Å². The summed E-state index contributed by atoms with van der Waals surface area (Å²) in [4.78, 5) is 16.4. The maximum atomic E-state index is 11.9. The normalized spacial score (nSPS) is 12.3. The highest BCUT2D eigenvalue weighted by Crippen LogP contribution is 2.31. The van der Waals surface area contributed by atoms with Crippen LogP contribution in [0.25, 0.3) is 27.8 Å². The first-order chi connectivity index (χ1) is 18.6. The van der Waals surface area contributed by atoms with Gasteiger partial charge in [0.05, 0.1) is 37.2 Å². The molecule has 0 saturated carbocycles. The van der Waals surface area contributed by atoms with E-state index < -0.39 is 12.1 Å². The first-order valence-corrected chi connectivity index (χ1v) is 12.3. The number of aliphatic hydroxyl groups excluding tert-OH is 1. The molecule has 0 aliphatic rings. The van der Waals surface area contributed by atoms with Crippen LogP contribution < -0.4 is 10.1 Å². The standard InChI is InChI=1S/C32H28N2O4/c1-37-27-14-15-30-24(18-27)17-26(20-34-30)33-19-25(16-21-10-12-23(13-11-21)32(36)38-2)31(35)29-9-5-7-22-6-3-4-8-28(22)29/h3-18,20,31,33,35H,19H2,1-2H3. The Morgan fingerprint density at radius 2 is 1.74 bits per heavy atom. The van der Waals surface area contributed by atoms with Crippen LogP contribution in [-0.4, -0.2) is 36.8 Å². The fourth-order valence-electron chi connectivity index (χ4n) is 4.50. The summed E-state index contributed by atoms with van der Waals surface area (Å²) in [5, 5.41) is 18.1. The smallest absolute Gasteiger partial charge is 0.337 e. The van der Waals surface area contributed by atoms with Crippen molar-refractivity contribution >= 4 is 39.4 Å². The number of hydrogen-bond donors (Lipinski definition) is 2. The number of carbonyl (C=O) groups excluding carboxylic acids is 1. The summed E-state index contributed by atoms with van der Waals surface area (Å²) < 4.78 is 10.2. The summed E-state index contributed by atoms with van der Waals surface area (Å²) in [5.74, 6) is 0.373. The van der Waals surface area contributed by atoms with Gasteiger partial charge in [-0.15, -0.1) is 0 Å². The Bertz CT molecular complexity index is 1620. The molecule has 5 rings (SSSR count). The van der Waals surface area contributed by atoms with Crippen LogP contribution in [0.2, 0.25) is 0 Å². The summed E-state index contributed by atoms with van der Waals surface area (Å²) >= 11 is 0. The molecule has 1 unspecified atom stereocenters. The molecule has 1 aromatic heterocycles. The van der Waals surface area contributed by atoms with Gasteiger partial charge in [0.2, 0.25) is 0 Å². The Morgan fingerprint density at radius 1 is 0.947 bits per heavy atom. The molecule has 0 bridgehead atoms. The summed E-state index contributed by atoms with van der Waals surface area (Å²) in [7, 11) is 3.00. The zero-order chi connectivity index (χ0) is 26.5. The van der Waals surface area contributed by atoms with Gasteiger partial charge >= 0.3 is 5.97 Å². The number of pyridine rings is 1. The number of fused-ring (bicyclic) bond motifs is 2. The van der Waals surface area contributed by atoms with E-state index in [1.165, 1.54) is 7.11 Å². The van der Waals surface area contributed by atoms with Crippen molar-refractivity contribution in [3.8, 4) is 5.75 Å². The van der Waals surface area contributed by atoms with Crippen molar-refractivity contribution in [1.29, 1.82) is 0 Å². The fraction of sp³-hybridized carbons (Fsp3) is 0.125. The molecule has 0 spiro atoms. The average molecular weight is 505 g/mol. The highest BCUT2D eigenvalue weighted by atomic mass is 16.5. The molecule has 4 aromatic carbocycles. The maximum absolute atomic E-state index is 11.9. The molecule has 6 heteroatoms. The van der Waals surface area contributed by atoms with Crippen LogP contribution in [0.4, 0.5) is 5.69 Å². The van der Waals surface area contributed by atoms with Crippen LogP contribution in [0, 0.1) is 0 Å². The number of nitrogens with zero attached hydrogens (tertiary/aromatic N) is 1. The number of ether oxygens (including phenoxy) is 2. The Kier molecular flexibility index (Phi) is 7.33. The summed E-state index contributed by atoms with van der Waals surface area (Å²) in [5.41, 5.74) is 4.60. The van der Waals surface area contributed by atoms with E-state index in [4.69, 9.17) is 9.47 Å². The molecule has 0 aliphatic carbocycles. The fourth-order valence-corrected chi connectivity index (χ4v) is 4.50. The Morgan fingerprint density at radius 3 is 2.53 bits per heavy atom. The van der Waals surface area contributed by atoms with Crippen LogP contribution in [0.15, 0.2) is 103 Å². The number of hydrogen-bond acceptors (Lipinski definition) is 6. The molecule has 5 aromatic rings. The molecule has 6 nitrogen and oxygen atoms in total. The van der Waals surface area contributed by atoms with Gasteiger partial charge in [0.1, 0.15) is 11.9 Å². The van der Waals surface area contributed by atoms with Gasteiger partial charge in [-0.1, -0.05) is 60.7 Å². The number of nitrogens with one attached hydrogen (secondary N) is 1. The molecule has 0 saturated heterocycles. The third-order valence-electron chi connectivity index (χ3n) is 6.54. The summed E-state index contributed by atoms with van der Waals surface area (Å²) in [6.07, 6.45) is 2.86. The van der Waals surface area contributed by atoms with Gasteiger partial charge in [-0.3, -0.25) is 4.98 Å². The number of benzene rings is 4. The van der Waals surface area contributed by atoms with Crippen molar-refractivity contribution in [2.45, 2.75) is 6.10 Å². The topological polar surface area (TPSA) is 80.7 Å². The number of carbonyl (C=O) groups is 1. The second-order valence-electron chi connectivity index (χ2n) is 8.94. The monoisotopic (exact) mass is 504 g/mol. The third-order valence-corrected chi connectivity index (χ3v) is 6.54. The summed E-state index contributed by atoms with van der Waals surface area (Å²) in [6.45, 7) is 0.375. The van der Waals surface area contributed by atoms with E-state index >= 15 is 0 Å². The number of esters is 1. The van der Waals surface area contributed by atoms with Gasteiger partial charge in [0.25, 0.3) is 0 Å². The number of rotatable bonds is 8. The van der Waals surface area contributed by atoms with E-state index in [0.717, 1.165) is 49.8 Å². The lowest BCUT2D eigenvalue weighted by atomic mass is 9.94. The van der Waals surface area contributed by atoms with Gasteiger partial charge in [0.15, 0.2) is 0 Å². The second-order valence-corrected chi connectivity index (χ2v) is 8.94. The summed E-state index contributed by atoms with van der Waals surface area (Å²) in [6, 6.07) is 28.8. The van der Waals surface area contributed by atoms with E-state index in [-0.39, 0.29) is 0 Å². The van der Waals surface area contributed by atoms with Crippen molar-refractivity contribution in [2.24, 2.45) is 0 Å². The van der Waals surface area contributed by atoms with Crippen LogP contribution >= 0.6 is 0 Å². The van der Waals surface area contributed by atoms with Crippen LogP contribution in [0.3, 0.4) is 0 Å². The zero-order valence-corrected chi connectivity index (χ0v) is 21.2. The average Bonchev–Trinajstić information content (AvgIpc) is 2.98. The minimum atomic E-state index is -0.859. The molecule has 190 valence electrons. The molecule has 0 aliphatic heterocycles.